The van der Waals surface area contributed by atoms with Crippen LogP contribution in [0.3, 0.4) is 0 Å². The Morgan fingerprint density at radius 2 is 2.06 bits per heavy atom. The highest BCUT2D eigenvalue weighted by molar-refractivity contribution is 5.30. The van der Waals surface area contributed by atoms with E-state index in [1.54, 1.807) is 0 Å². The Balaban J connectivity index is 2.00. The lowest BCUT2D eigenvalue weighted by Gasteiger charge is -2.19. The van der Waals surface area contributed by atoms with Crippen molar-refractivity contribution in [2.45, 2.75) is 46.1 Å². The minimum absolute atomic E-state index is 0.424. The van der Waals surface area contributed by atoms with Crippen LogP contribution in [0.5, 0.6) is 0 Å². The summed E-state index contributed by atoms with van der Waals surface area (Å²) in [5.41, 5.74) is 4.21. The number of hydrogen-bond acceptors (Lipinski definition) is 3. The zero-order valence-corrected chi connectivity index (χ0v) is 10.3. The van der Waals surface area contributed by atoms with Crippen molar-refractivity contribution < 1.29 is 0 Å². The molecule has 2 heterocycles. The highest BCUT2D eigenvalue weighted by Gasteiger charge is 2.48. The second kappa shape index (κ2) is 3.27. The Morgan fingerprint density at radius 3 is 2.75 bits per heavy atom. The van der Waals surface area contributed by atoms with Crippen molar-refractivity contribution >= 4 is 0 Å². The summed E-state index contributed by atoms with van der Waals surface area (Å²) in [5.74, 6) is 1.68. The first-order valence-electron chi connectivity index (χ1n) is 6.15. The number of nitrogens with zero attached hydrogens (tertiary/aromatic N) is 2. The van der Waals surface area contributed by atoms with E-state index >= 15 is 0 Å². The molecule has 0 saturated heterocycles. The average Bonchev–Trinajstić information content (AvgIpc) is 2.88. The number of rotatable bonds is 1. The highest BCUT2D eigenvalue weighted by atomic mass is 15.0. The van der Waals surface area contributed by atoms with Gasteiger partial charge in [0.05, 0.1) is 5.69 Å². The zero-order valence-electron chi connectivity index (χ0n) is 10.3. The first kappa shape index (κ1) is 10.2. The third-order valence-corrected chi connectivity index (χ3v) is 3.98. The van der Waals surface area contributed by atoms with Gasteiger partial charge in [-0.2, -0.15) is 0 Å². The largest absolute Gasteiger partial charge is 0.312 e. The lowest BCUT2D eigenvalue weighted by molar-refractivity contribution is 0.587. The summed E-state index contributed by atoms with van der Waals surface area (Å²) in [7, 11) is 0. The lowest BCUT2D eigenvalue weighted by Crippen LogP contribution is -2.26. The molecule has 1 aliphatic carbocycles. The van der Waals surface area contributed by atoms with Gasteiger partial charge in [-0.15, -0.1) is 0 Å². The van der Waals surface area contributed by atoms with Gasteiger partial charge in [0.15, 0.2) is 0 Å². The number of aryl methyl sites for hydroxylation is 1. The number of hydrogen-bond donors (Lipinski definition) is 1. The second-order valence-electron chi connectivity index (χ2n) is 5.76. The molecule has 1 aromatic heterocycles. The van der Waals surface area contributed by atoms with E-state index in [0.29, 0.717) is 11.3 Å². The van der Waals surface area contributed by atoms with Crippen LogP contribution in [0.2, 0.25) is 0 Å². The fourth-order valence-electron chi connectivity index (χ4n) is 2.60. The van der Waals surface area contributed by atoms with Crippen molar-refractivity contribution in [3.8, 4) is 0 Å². The maximum atomic E-state index is 4.78. The molecule has 0 aromatic carbocycles. The first-order chi connectivity index (χ1) is 7.58. The Bertz CT molecular complexity index is 437. The molecule has 1 atom stereocenters. The van der Waals surface area contributed by atoms with Crippen LogP contribution in [0, 0.1) is 12.3 Å². The van der Waals surface area contributed by atoms with Crippen LogP contribution in [-0.2, 0) is 13.0 Å². The zero-order chi connectivity index (χ0) is 11.3. The number of nitrogens with one attached hydrogen (secondary N) is 1. The number of fused-ring (bicyclic) bond motifs is 1. The van der Waals surface area contributed by atoms with Crippen LogP contribution in [-0.4, -0.2) is 16.5 Å². The Labute approximate surface area is 96.7 Å². The molecule has 1 aliphatic heterocycles. The minimum Gasteiger partial charge on any atom is -0.312 e. The van der Waals surface area contributed by atoms with E-state index in [1.165, 1.54) is 23.4 Å². The van der Waals surface area contributed by atoms with E-state index in [4.69, 9.17) is 9.97 Å². The molecule has 0 radical (unpaired) electrons. The van der Waals surface area contributed by atoms with E-state index in [1.807, 2.05) is 0 Å². The second-order valence-corrected chi connectivity index (χ2v) is 5.76. The quantitative estimate of drug-likeness (QED) is 0.781. The first-order valence-corrected chi connectivity index (χ1v) is 6.15. The molecule has 0 bridgehead atoms. The lowest BCUT2D eigenvalue weighted by atomic mass is 10.0. The van der Waals surface area contributed by atoms with Crippen molar-refractivity contribution in [1.29, 1.82) is 0 Å². The molecule has 3 rings (SSSR count). The topological polar surface area (TPSA) is 37.8 Å². The third-order valence-electron chi connectivity index (χ3n) is 3.98. The Hall–Kier alpha value is -0.960. The van der Waals surface area contributed by atoms with E-state index in [9.17, 15) is 0 Å². The fraction of sp³-hybridized carbons (Fsp3) is 0.692. The van der Waals surface area contributed by atoms with E-state index in [2.05, 4.69) is 26.1 Å². The van der Waals surface area contributed by atoms with Crippen molar-refractivity contribution in [2.75, 3.05) is 6.54 Å². The highest BCUT2D eigenvalue weighted by Crippen LogP contribution is 2.57. The van der Waals surface area contributed by atoms with Crippen LogP contribution >= 0.6 is 0 Å². The van der Waals surface area contributed by atoms with Gasteiger partial charge in [-0.1, -0.05) is 13.8 Å². The maximum Gasteiger partial charge on any atom is 0.132 e. The van der Waals surface area contributed by atoms with Gasteiger partial charge in [0, 0.05) is 36.7 Å². The third kappa shape index (κ3) is 1.54. The Kier molecular flexibility index (Phi) is 2.08. The molecule has 3 nitrogen and oxygen atoms in total. The molecule has 1 saturated carbocycles. The van der Waals surface area contributed by atoms with Gasteiger partial charge >= 0.3 is 0 Å². The van der Waals surface area contributed by atoms with E-state index < -0.39 is 0 Å². The van der Waals surface area contributed by atoms with Gasteiger partial charge in [0.1, 0.15) is 5.82 Å². The molecule has 3 heteroatoms. The molecule has 0 amide bonds. The summed E-state index contributed by atoms with van der Waals surface area (Å²) < 4.78 is 0. The maximum absolute atomic E-state index is 4.78. The predicted molar refractivity (Wildman–Crippen MR) is 63.3 cm³/mol. The summed E-state index contributed by atoms with van der Waals surface area (Å²) in [6.07, 6.45) is 2.29. The molecular formula is C13H19N3. The molecule has 1 aromatic rings. The summed E-state index contributed by atoms with van der Waals surface area (Å²) in [6, 6.07) is 0. The van der Waals surface area contributed by atoms with Gasteiger partial charge < -0.3 is 5.32 Å². The average molecular weight is 217 g/mol. The Morgan fingerprint density at radius 1 is 1.31 bits per heavy atom. The van der Waals surface area contributed by atoms with Crippen LogP contribution in [0.25, 0.3) is 0 Å². The van der Waals surface area contributed by atoms with Crippen molar-refractivity contribution in [2.24, 2.45) is 5.41 Å². The summed E-state index contributed by atoms with van der Waals surface area (Å²) >= 11 is 0. The monoisotopic (exact) mass is 217 g/mol. The summed E-state index contributed by atoms with van der Waals surface area (Å²) in [4.78, 5) is 9.47. The molecular weight excluding hydrogens is 198 g/mol. The van der Waals surface area contributed by atoms with Crippen LogP contribution in [0.15, 0.2) is 0 Å². The van der Waals surface area contributed by atoms with Gasteiger partial charge in [-0.3, -0.25) is 0 Å². The molecule has 0 spiro atoms. The number of aromatic nitrogens is 2. The van der Waals surface area contributed by atoms with Crippen LogP contribution < -0.4 is 5.32 Å². The van der Waals surface area contributed by atoms with Gasteiger partial charge in [-0.05, 0) is 18.8 Å². The van der Waals surface area contributed by atoms with Gasteiger partial charge in [-0.25, -0.2) is 9.97 Å². The molecule has 86 valence electrons. The van der Waals surface area contributed by atoms with Gasteiger partial charge in [0.25, 0.3) is 0 Å². The summed E-state index contributed by atoms with van der Waals surface area (Å²) in [6.45, 7) is 8.72. The van der Waals surface area contributed by atoms with Crippen LogP contribution in [0.1, 0.15) is 49.0 Å². The molecule has 16 heavy (non-hydrogen) atoms. The normalized spacial score (nSPS) is 26.3. The fourth-order valence-corrected chi connectivity index (χ4v) is 2.60. The van der Waals surface area contributed by atoms with Crippen molar-refractivity contribution in [3.63, 3.8) is 0 Å². The standard InChI is InChI=1S/C13H19N3/c1-8-9-7-14-5-4-11(9)16-12(15-8)10-6-13(10,2)3/h10,14H,4-7H2,1-3H3. The minimum atomic E-state index is 0.424. The molecule has 1 fully saturated rings. The van der Waals surface area contributed by atoms with E-state index in [0.717, 1.165) is 25.3 Å². The van der Waals surface area contributed by atoms with Crippen LogP contribution in [0.4, 0.5) is 0 Å². The molecule has 1 unspecified atom stereocenters. The smallest absolute Gasteiger partial charge is 0.132 e. The molecule has 1 N–H and O–H groups in total. The van der Waals surface area contributed by atoms with E-state index in [-0.39, 0.29) is 0 Å². The SMILES string of the molecule is Cc1nc(C2CC2(C)C)nc2c1CNCC2. The van der Waals surface area contributed by atoms with Crippen molar-refractivity contribution in [1.82, 2.24) is 15.3 Å². The summed E-state index contributed by atoms with van der Waals surface area (Å²) in [5, 5.41) is 3.38. The van der Waals surface area contributed by atoms with Crippen molar-refractivity contribution in [3.05, 3.63) is 22.8 Å². The molecule has 2 aliphatic rings. The van der Waals surface area contributed by atoms with Gasteiger partial charge in [0.2, 0.25) is 0 Å². The predicted octanol–water partition coefficient (Wildman–Crippen LogP) is 1.94.